The summed E-state index contributed by atoms with van der Waals surface area (Å²) in [6, 6.07) is 3.37. The number of thiophene rings is 1. The molecular formula is C10H9BrN4OS. The van der Waals surface area contributed by atoms with Gasteiger partial charge in [-0.15, -0.1) is 11.3 Å². The average molecular weight is 313 g/mol. The highest BCUT2D eigenvalue weighted by molar-refractivity contribution is 9.10. The predicted octanol–water partition coefficient (Wildman–Crippen LogP) is 2.35. The Labute approximate surface area is 110 Å². The minimum atomic E-state index is -0.200. The first kappa shape index (κ1) is 12.0. The minimum Gasteiger partial charge on any atom is -0.291 e. The normalized spacial score (nSPS) is 10.9. The third-order valence-corrected chi connectivity index (χ3v) is 3.45. The van der Waals surface area contributed by atoms with Crippen LogP contribution in [0.1, 0.15) is 10.6 Å². The van der Waals surface area contributed by atoms with Gasteiger partial charge in [0.1, 0.15) is 0 Å². The van der Waals surface area contributed by atoms with Crippen LogP contribution in [0.5, 0.6) is 0 Å². The van der Waals surface area contributed by atoms with Gasteiger partial charge in [-0.25, -0.2) is 10.4 Å². The first-order valence-corrected chi connectivity index (χ1v) is 6.42. The van der Waals surface area contributed by atoms with Crippen LogP contribution in [-0.4, -0.2) is 16.2 Å². The van der Waals surface area contributed by atoms with E-state index in [9.17, 15) is 4.79 Å². The Hall–Kier alpha value is -1.47. The molecule has 0 bridgehead atoms. The van der Waals surface area contributed by atoms with Crippen molar-refractivity contribution in [2.45, 2.75) is 6.92 Å². The third kappa shape index (κ3) is 3.50. The fraction of sp³-hybridized carbons (Fsp3) is 0.100. The number of nitrogens with zero attached hydrogens (tertiary/aromatic N) is 2. The van der Waals surface area contributed by atoms with Crippen LogP contribution in [-0.2, 0) is 0 Å². The predicted molar refractivity (Wildman–Crippen MR) is 72.8 cm³/mol. The van der Waals surface area contributed by atoms with E-state index in [4.69, 9.17) is 0 Å². The minimum absolute atomic E-state index is 0.200. The zero-order chi connectivity index (χ0) is 12.3. The van der Waals surface area contributed by atoms with E-state index in [1.165, 1.54) is 6.07 Å². The molecule has 0 radical (unpaired) electrons. The summed E-state index contributed by atoms with van der Waals surface area (Å²) < 4.78 is 1.02. The molecule has 0 amide bonds. The number of H-pyrrole nitrogens is 1. The van der Waals surface area contributed by atoms with E-state index in [0.717, 1.165) is 9.35 Å². The van der Waals surface area contributed by atoms with E-state index < -0.39 is 0 Å². The zero-order valence-electron chi connectivity index (χ0n) is 8.90. The van der Waals surface area contributed by atoms with Crippen molar-refractivity contribution in [2.24, 2.45) is 5.10 Å². The van der Waals surface area contributed by atoms with Gasteiger partial charge in [0, 0.05) is 26.5 Å². The Morgan fingerprint density at radius 3 is 3.06 bits per heavy atom. The number of hydrogen-bond donors (Lipinski definition) is 2. The summed E-state index contributed by atoms with van der Waals surface area (Å²) in [4.78, 5) is 18.8. The van der Waals surface area contributed by atoms with Crippen molar-refractivity contribution in [1.82, 2.24) is 9.97 Å². The topological polar surface area (TPSA) is 70.1 Å². The van der Waals surface area contributed by atoms with E-state index in [0.29, 0.717) is 11.6 Å². The third-order valence-electron chi connectivity index (χ3n) is 1.82. The van der Waals surface area contributed by atoms with Crippen LogP contribution < -0.4 is 11.0 Å². The van der Waals surface area contributed by atoms with Crippen LogP contribution in [0.4, 0.5) is 5.95 Å². The number of anilines is 1. The number of aromatic amines is 1. The summed E-state index contributed by atoms with van der Waals surface area (Å²) in [5, 5.41) is 5.96. The van der Waals surface area contributed by atoms with E-state index in [1.54, 1.807) is 24.5 Å². The Balaban J connectivity index is 2.07. The van der Waals surface area contributed by atoms with Crippen molar-refractivity contribution in [2.75, 3.05) is 5.43 Å². The smallest absolute Gasteiger partial charge is 0.252 e. The summed E-state index contributed by atoms with van der Waals surface area (Å²) >= 11 is 4.92. The molecule has 2 aromatic heterocycles. The molecule has 0 atom stereocenters. The van der Waals surface area contributed by atoms with Crippen LogP contribution in [0.3, 0.4) is 0 Å². The summed E-state index contributed by atoms with van der Waals surface area (Å²) in [5.41, 5.74) is 3.12. The van der Waals surface area contributed by atoms with Gasteiger partial charge in [0.2, 0.25) is 5.95 Å². The summed E-state index contributed by atoms with van der Waals surface area (Å²) in [6.45, 7) is 1.75. The van der Waals surface area contributed by atoms with Crippen LogP contribution in [0.15, 0.2) is 31.9 Å². The fourth-order valence-corrected chi connectivity index (χ4v) is 2.49. The van der Waals surface area contributed by atoms with Crippen molar-refractivity contribution in [3.05, 3.63) is 42.9 Å². The second-order valence-corrected chi connectivity index (χ2v) is 5.13. The number of aromatic nitrogens is 2. The van der Waals surface area contributed by atoms with Crippen molar-refractivity contribution < 1.29 is 0 Å². The summed E-state index contributed by atoms with van der Waals surface area (Å²) in [5.74, 6) is 0.335. The Kier molecular flexibility index (Phi) is 3.70. The highest BCUT2D eigenvalue weighted by atomic mass is 79.9. The lowest BCUT2D eigenvalue weighted by Crippen LogP contribution is -2.10. The van der Waals surface area contributed by atoms with Crippen LogP contribution >= 0.6 is 27.3 Å². The van der Waals surface area contributed by atoms with Crippen molar-refractivity contribution in [3.8, 4) is 0 Å². The van der Waals surface area contributed by atoms with Gasteiger partial charge >= 0.3 is 0 Å². The van der Waals surface area contributed by atoms with E-state index >= 15 is 0 Å². The lowest BCUT2D eigenvalue weighted by atomic mass is 10.4. The molecule has 0 aromatic carbocycles. The van der Waals surface area contributed by atoms with Gasteiger partial charge in [-0.05, 0) is 28.9 Å². The molecule has 0 unspecified atom stereocenters. The average Bonchev–Trinajstić information content (AvgIpc) is 2.63. The molecular weight excluding hydrogens is 304 g/mol. The van der Waals surface area contributed by atoms with Gasteiger partial charge in [-0.3, -0.25) is 9.78 Å². The van der Waals surface area contributed by atoms with Crippen molar-refractivity contribution >= 4 is 39.4 Å². The second kappa shape index (κ2) is 5.24. The number of rotatable bonds is 3. The number of aryl methyl sites for hydroxylation is 1. The Bertz CT molecular complexity index is 604. The maximum Gasteiger partial charge on any atom is 0.252 e. The maximum absolute atomic E-state index is 11.2. The fourth-order valence-electron chi connectivity index (χ4n) is 1.19. The van der Waals surface area contributed by atoms with Gasteiger partial charge in [-0.1, -0.05) is 0 Å². The first-order chi connectivity index (χ1) is 8.13. The van der Waals surface area contributed by atoms with E-state index in [2.05, 4.69) is 36.4 Å². The SMILES string of the molecule is Cc1cc(=O)[nH]c(NN=Cc2cc(Br)cs2)n1. The highest BCUT2D eigenvalue weighted by Crippen LogP contribution is 2.17. The van der Waals surface area contributed by atoms with Gasteiger partial charge in [-0.2, -0.15) is 5.10 Å². The molecule has 5 nitrogen and oxygen atoms in total. The molecule has 88 valence electrons. The first-order valence-electron chi connectivity index (χ1n) is 4.74. The van der Waals surface area contributed by atoms with Gasteiger partial charge < -0.3 is 0 Å². The number of hydrazone groups is 1. The van der Waals surface area contributed by atoms with E-state index in [1.807, 2.05) is 11.4 Å². The quantitative estimate of drug-likeness (QED) is 0.675. The standard InChI is InChI=1S/C10H9BrN4OS/c1-6-2-9(16)14-10(13-6)15-12-4-8-3-7(11)5-17-8/h2-5H,1H3,(H2,13,14,15,16). The van der Waals surface area contributed by atoms with Gasteiger partial charge in [0.05, 0.1) is 6.21 Å². The van der Waals surface area contributed by atoms with E-state index in [-0.39, 0.29) is 5.56 Å². The molecule has 0 aliphatic rings. The second-order valence-electron chi connectivity index (χ2n) is 3.27. The molecule has 0 spiro atoms. The lowest BCUT2D eigenvalue weighted by Gasteiger charge is -1.98. The molecule has 0 saturated heterocycles. The van der Waals surface area contributed by atoms with Crippen LogP contribution in [0.25, 0.3) is 0 Å². The number of halogens is 1. The van der Waals surface area contributed by atoms with Crippen molar-refractivity contribution in [1.29, 1.82) is 0 Å². The molecule has 2 N–H and O–H groups in total. The van der Waals surface area contributed by atoms with Crippen LogP contribution in [0.2, 0.25) is 0 Å². The maximum atomic E-state index is 11.2. The largest absolute Gasteiger partial charge is 0.291 e. The van der Waals surface area contributed by atoms with Crippen molar-refractivity contribution in [3.63, 3.8) is 0 Å². The molecule has 0 fully saturated rings. The highest BCUT2D eigenvalue weighted by Gasteiger charge is 1.96. The number of hydrogen-bond acceptors (Lipinski definition) is 5. The molecule has 2 rings (SSSR count). The molecule has 0 aliphatic carbocycles. The Morgan fingerprint density at radius 2 is 2.41 bits per heavy atom. The zero-order valence-corrected chi connectivity index (χ0v) is 11.3. The molecule has 7 heteroatoms. The molecule has 0 aliphatic heterocycles. The molecule has 2 aromatic rings. The monoisotopic (exact) mass is 312 g/mol. The van der Waals surface area contributed by atoms with Gasteiger partial charge in [0.25, 0.3) is 5.56 Å². The summed E-state index contributed by atoms with van der Waals surface area (Å²) in [6.07, 6.45) is 1.66. The molecule has 2 heterocycles. The Morgan fingerprint density at radius 1 is 1.59 bits per heavy atom. The lowest BCUT2D eigenvalue weighted by molar-refractivity contribution is 1.04. The van der Waals surface area contributed by atoms with Crippen LogP contribution in [0, 0.1) is 6.92 Å². The molecule has 17 heavy (non-hydrogen) atoms. The summed E-state index contributed by atoms with van der Waals surface area (Å²) in [7, 11) is 0. The van der Waals surface area contributed by atoms with Gasteiger partial charge in [0.15, 0.2) is 0 Å². The number of nitrogens with one attached hydrogen (secondary N) is 2. The molecule has 0 saturated carbocycles.